The normalized spacial score (nSPS) is 12.5. The van der Waals surface area contributed by atoms with Crippen molar-refractivity contribution in [3.8, 4) is 0 Å². The fraction of sp³-hybridized carbons (Fsp3) is 0.450. The highest BCUT2D eigenvalue weighted by Gasteiger charge is 2.12. The minimum absolute atomic E-state index is 0.00703. The maximum atomic E-state index is 12.0. The Morgan fingerprint density at radius 2 is 2.00 bits per heavy atom. The Hall–Kier alpha value is -2.45. The highest BCUT2D eigenvalue weighted by Crippen LogP contribution is 2.20. The molecular weight excluding hydrogens is 374 g/mol. The van der Waals surface area contributed by atoms with Gasteiger partial charge in [-0.05, 0) is 25.5 Å². The number of nitrogens with one attached hydrogen (secondary N) is 2. The van der Waals surface area contributed by atoms with Gasteiger partial charge in [0.25, 0.3) is 5.91 Å². The van der Waals surface area contributed by atoms with Crippen molar-refractivity contribution < 1.29 is 9.53 Å². The van der Waals surface area contributed by atoms with E-state index in [4.69, 9.17) is 4.74 Å². The van der Waals surface area contributed by atoms with Crippen LogP contribution in [-0.2, 0) is 11.3 Å². The number of nitrogens with zero attached hydrogens (tertiary/aromatic N) is 3. The number of amides is 1. The van der Waals surface area contributed by atoms with Gasteiger partial charge < -0.3 is 20.3 Å². The summed E-state index contributed by atoms with van der Waals surface area (Å²) in [6.07, 6.45) is 0.810. The molecule has 0 aliphatic rings. The average Bonchev–Trinajstić information content (AvgIpc) is 3.18. The fourth-order valence-corrected chi connectivity index (χ4v) is 3.41. The molecule has 1 unspecified atom stereocenters. The summed E-state index contributed by atoms with van der Waals surface area (Å²) in [6.45, 7) is 3.97. The molecule has 2 aromatic rings. The van der Waals surface area contributed by atoms with E-state index in [-0.39, 0.29) is 12.0 Å². The van der Waals surface area contributed by atoms with Gasteiger partial charge >= 0.3 is 0 Å². The molecule has 0 aliphatic heterocycles. The first-order chi connectivity index (χ1) is 13.5. The van der Waals surface area contributed by atoms with Crippen molar-refractivity contribution >= 4 is 23.2 Å². The number of rotatable bonds is 9. The summed E-state index contributed by atoms with van der Waals surface area (Å²) in [5.41, 5.74) is 1.67. The van der Waals surface area contributed by atoms with Crippen LogP contribution in [0.4, 0.5) is 0 Å². The molecule has 2 rings (SSSR count). The number of ether oxygens (including phenoxy) is 1. The van der Waals surface area contributed by atoms with Gasteiger partial charge in [-0.3, -0.25) is 9.79 Å². The van der Waals surface area contributed by atoms with Gasteiger partial charge in [0, 0.05) is 45.2 Å². The molecule has 2 N–H and O–H groups in total. The SMILES string of the molecule is CN=C(NCCCNC(=O)c1ccccc1)N(C)Cc1csc(C(C)OC)n1. The average molecular weight is 404 g/mol. The van der Waals surface area contributed by atoms with Gasteiger partial charge in [0.2, 0.25) is 0 Å². The number of hydrogen-bond donors (Lipinski definition) is 2. The molecular formula is C20H29N5O2S. The third-order valence-electron chi connectivity index (χ3n) is 4.20. The molecule has 0 aliphatic carbocycles. The van der Waals surface area contributed by atoms with Gasteiger partial charge in [-0.1, -0.05) is 18.2 Å². The largest absolute Gasteiger partial charge is 0.375 e. The van der Waals surface area contributed by atoms with Gasteiger partial charge in [0.15, 0.2) is 5.96 Å². The summed E-state index contributed by atoms with van der Waals surface area (Å²) in [5.74, 6) is 0.746. The maximum absolute atomic E-state index is 12.0. The number of guanidine groups is 1. The Morgan fingerprint density at radius 3 is 2.68 bits per heavy atom. The van der Waals surface area contributed by atoms with Crippen LogP contribution in [0.25, 0.3) is 0 Å². The zero-order chi connectivity index (χ0) is 20.4. The van der Waals surface area contributed by atoms with Crippen molar-refractivity contribution in [2.24, 2.45) is 4.99 Å². The maximum Gasteiger partial charge on any atom is 0.251 e. The number of thiazole rings is 1. The smallest absolute Gasteiger partial charge is 0.251 e. The molecule has 0 spiro atoms. The van der Waals surface area contributed by atoms with E-state index in [2.05, 4.69) is 20.6 Å². The van der Waals surface area contributed by atoms with Crippen LogP contribution in [0.1, 0.15) is 40.5 Å². The summed E-state index contributed by atoms with van der Waals surface area (Å²) in [4.78, 5) is 23.0. The van der Waals surface area contributed by atoms with Crippen LogP contribution in [0.5, 0.6) is 0 Å². The molecule has 1 amide bonds. The van der Waals surface area contributed by atoms with E-state index in [1.165, 1.54) is 0 Å². The first-order valence-corrected chi connectivity index (χ1v) is 10.1. The summed E-state index contributed by atoms with van der Waals surface area (Å²) in [5, 5.41) is 9.27. The molecule has 1 aromatic carbocycles. The lowest BCUT2D eigenvalue weighted by Gasteiger charge is -2.21. The van der Waals surface area contributed by atoms with E-state index in [1.54, 1.807) is 25.5 Å². The predicted molar refractivity (Wildman–Crippen MR) is 114 cm³/mol. The van der Waals surface area contributed by atoms with Gasteiger partial charge in [-0.2, -0.15) is 0 Å². The fourth-order valence-electron chi connectivity index (χ4n) is 2.57. The lowest BCUT2D eigenvalue weighted by Crippen LogP contribution is -2.39. The second-order valence-electron chi connectivity index (χ2n) is 6.36. The summed E-state index contributed by atoms with van der Waals surface area (Å²) < 4.78 is 5.31. The first kappa shape index (κ1) is 21.8. The molecule has 0 radical (unpaired) electrons. The minimum Gasteiger partial charge on any atom is -0.375 e. The Bertz CT molecular complexity index is 763. The van der Waals surface area contributed by atoms with Crippen molar-refractivity contribution in [1.82, 2.24) is 20.5 Å². The first-order valence-electron chi connectivity index (χ1n) is 9.27. The van der Waals surface area contributed by atoms with Crippen molar-refractivity contribution in [3.63, 3.8) is 0 Å². The Labute approximate surface area is 170 Å². The zero-order valence-electron chi connectivity index (χ0n) is 16.9. The Morgan fingerprint density at radius 1 is 1.29 bits per heavy atom. The number of aromatic nitrogens is 1. The van der Waals surface area contributed by atoms with Crippen LogP contribution in [0.2, 0.25) is 0 Å². The van der Waals surface area contributed by atoms with Crippen molar-refractivity contribution in [2.75, 3.05) is 34.3 Å². The van der Waals surface area contributed by atoms with Gasteiger partial charge in [-0.25, -0.2) is 4.98 Å². The molecule has 8 heteroatoms. The second kappa shape index (κ2) is 11.4. The van der Waals surface area contributed by atoms with Gasteiger partial charge in [-0.15, -0.1) is 11.3 Å². The van der Waals surface area contributed by atoms with E-state index in [0.717, 1.165) is 29.6 Å². The zero-order valence-corrected chi connectivity index (χ0v) is 17.8. The standard InChI is InChI=1S/C20H29N5O2S/c1-15(27-4)19-24-17(14-28-19)13-25(3)20(21-2)23-12-8-11-22-18(26)16-9-6-5-7-10-16/h5-7,9-10,14-15H,8,11-13H2,1-4H3,(H,21,23)(H,22,26). The predicted octanol–water partition coefficient (Wildman–Crippen LogP) is 2.68. The van der Waals surface area contributed by atoms with Crippen LogP contribution < -0.4 is 10.6 Å². The van der Waals surface area contributed by atoms with Crippen molar-refractivity contribution in [1.29, 1.82) is 0 Å². The van der Waals surface area contributed by atoms with E-state index in [1.807, 2.05) is 54.6 Å². The number of carbonyl (C=O) groups excluding carboxylic acids is 1. The van der Waals surface area contributed by atoms with E-state index in [0.29, 0.717) is 18.7 Å². The molecule has 7 nitrogen and oxygen atoms in total. The van der Waals surface area contributed by atoms with Gasteiger partial charge in [0.05, 0.1) is 12.2 Å². The number of aliphatic imine (C=N–C) groups is 1. The third kappa shape index (κ3) is 6.61. The number of hydrogen-bond acceptors (Lipinski definition) is 5. The molecule has 0 saturated heterocycles. The van der Waals surface area contributed by atoms with Crippen molar-refractivity contribution in [3.05, 3.63) is 52.0 Å². The molecule has 0 fully saturated rings. The van der Waals surface area contributed by atoms with E-state index in [9.17, 15) is 4.79 Å². The van der Waals surface area contributed by atoms with Crippen LogP contribution in [0, 0.1) is 0 Å². The molecule has 0 saturated carbocycles. The van der Waals surface area contributed by atoms with Crippen LogP contribution in [0.15, 0.2) is 40.7 Å². The van der Waals surface area contributed by atoms with Crippen LogP contribution in [0.3, 0.4) is 0 Å². The molecule has 1 aromatic heterocycles. The van der Waals surface area contributed by atoms with Crippen molar-refractivity contribution in [2.45, 2.75) is 26.0 Å². The number of carbonyl (C=O) groups is 1. The third-order valence-corrected chi connectivity index (χ3v) is 5.26. The van der Waals surface area contributed by atoms with E-state index >= 15 is 0 Å². The number of benzene rings is 1. The Kier molecular flexibility index (Phi) is 8.90. The quantitative estimate of drug-likeness (QED) is 0.382. The number of methoxy groups -OCH3 is 1. The molecule has 1 heterocycles. The lowest BCUT2D eigenvalue weighted by atomic mass is 10.2. The topological polar surface area (TPSA) is 78.9 Å². The molecule has 1 atom stereocenters. The van der Waals surface area contributed by atoms with E-state index < -0.39 is 0 Å². The molecule has 0 bridgehead atoms. The second-order valence-corrected chi connectivity index (χ2v) is 7.25. The summed E-state index contributed by atoms with van der Waals surface area (Å²) in [7, 11) is 5.42. The summed E-state index contributed by atoms with van der Waals surface area (Å²) in [6, 6.07) is 9.23. The highest BCUT2D eigenvalue weighted by molar-refractivity contribution is 7.09. The monoisotopic (exact) mass is 403 g/mol. The van der Waals surface area contributed by atoms with Crippen LogP contribution in [-0.4, -0.2) is 56.0 Å². The molecule has 28 heavy (non-hydrogen) atoms. The highest BCUT2D eigenvalue weighted by atomic mass is 32.1. The molecule has 152 valence electrons. The minimum atomic E-state index is -0.0493. The van der Waals surface area contributed by atoms with Crippen LogP contribution >= 0.6 is 11.3 Å². The summed E-state index contributed by atoms with van der Waals surface area (Å²) >= 11 is 1.61. The Balaban J connectivity index is 1.71. The lowest BCUT2D eigenvalue weighted by molar-refractivity contribution is 0.0953. The van der Waals surface area contributed by atoms with Gasteiger partial charge in [0.1, 0.15) is 11.1 Å².